The molecule has 1 aromatic carbocycles. The van der Waals surface area contributed by atoms with E-state index in [-0.39, 0.29) is 0 Å². The van der Waals surface area contributed by atoms with E-state index >= 15 is 0 Å². The van der Waals surface area contributed by atoms with Gasteiger partial charge in [0.15, 0.2) is 0 Å². The third kappa shape index (κ3) is 1.73. The molecular weight excluding hydrogens is 270 g/mol. The second kappa shape index (κ2) is 4.47. The summed E-state index contributed by atoms with van der Waals surface area (Å²) in [6, 6.07) is 7.71. The van der Waals surface area contributed by atoms with Gasteiger partial charge in [0, 0.05) is 24.0 Å². The van der Waals surface area contributed by atoms with E-state index in [9.17, 15) is 0 Å². The van der Waals surface area contributed by atoms with E-state index in [1.54, 1.807) is 0 Å². The lowest BCUT2D eigenvalue weighted by molar-refractivity contribution is 0.455. The van der Waals surface area contributed by atoms with Gasteiger partial charge in [-0.1, -0.05) is 17.7 Å². The summed E-state index contributed by atoms with van der Waals surface area (Å²) in [5.74, 6) is 1.77. The van der Waals surface area contributed by atoms with Crippen LogP contribution in [-0.2, 0) is 0 Å². The molecular formula is C16H20ClN3. The Morgan fingerprint density at radius 1 is 1.35 bits per heavy atom. The molecule has 106 valence electrons. The Bertz CT molecular complexity index is 661. The second-order valence-electron chi connectivity index (χ2n) is 6.43. The lowest BCUT2D eigenvalue weighted by Crippen LogP contribution is -2.24. The van der Waals surface area contributed by atoms with Crippen LogP contribution in [0.2, 0.25) is 5.02 Å². The Balaban J connectivity index is 1.91. The highest BCUT2D eigenvalue weighted by molar-refractivity contribution is 6.35. The molecule has 2 fully saturated rings. The quantitative estimate of drug-likeness (QED) is 0.909. The summed E-state index contributed by atoms with van der Waals surface area (Å²) in [4.78, 5) is 4.93. The predicted octanol–water partition coefficient (Wildman–Crippen LogP) is 3.88. The van der Waals surface area contributed by atoms with Crippen molar-refractivity contribution in [1.82, 2.24) is 14.9 Å². The molecule has 0 radical (unpaired) electrons. The van der Waals surface area contributed by atoms with Crippen LogP contribution in [0.1, 0.15) is 50.9 Å². The van der Waals surface area contributed by atoms with Crippen LogP contribution >= 0.6 is 11.6 Å². The summed E-state index contributed by atoms with van der Waals surface area (Å²) < 4.78 is 2.35. The molecule has 2 aliphatic rings. The number of fused-ring (bicyclic) bond motifs is 3. The van der Waals surface area contributed by atoms with Gasteiger partial charge in [-0.15, -0.1) is 0 Å². The van der Waals surface area contributed by atoms with Crippen LogP contribution in [0.5, 0.6) is 0 Å². The van der Waals surface area contributed by atoms with Crippen LogP contribution in [0, 0.1) is 0 Å². The summed E-state index contributed by atoms with van der Waals surface area (Å²) in [5.41, 5.74) is 2.13. The van der Waals surface area contributed by atoms with Gasteiger partial charge in [0.25, 0.3) is 0 Å². The number of nitrogens with one attached hydrogen (secondary N) is 1. The average Bonchev–Trinajstić information content (AvgIpc) is 3.11. The van der Waals surface area contributed by atoms with Crippen molar-refractivity contribution in [2.24, 2.45) is 0 Å². The molecule has 3 unspecified atom stereocenters. The maximum Gasteiger partial charge on any atom is 0.114 e. The highest BCUT2D eigenvalue weighted by atomic mass is 35.5. The third-order valence-electron chi connectivity index (χ3n) is 4.84. The molecule has 0 saturated carbocycles. The monoisotopic (exact) mass is 289 g/mol. The van der Waals surface area contributed by atoms with Gasteiger partial charge in [0.05, 0.1) is 16.1 Å². The molecule has 4 heteroatoms. The van der Waals surface area contributed by atoms with E-state index < -0.39 is 0 Å². The minimum absolute atomic E-state index is 0.383. The zero-order chi connectivity index (χ0) is 13.9. The minimum Gasteiger partial charge on any atom is -0.324 e. The summed E-state index contributed by atoms with van der Waals surface area (Å²) >= 11 is 6.43. The van der Waals surface area contributed by atoms with E-state index in [0.717, 1.165) is 16.1 Å². The highest BCUT2D eigenvalue weighted by Gasteiger charge is 2.42. The molecule has 2 bridgehead atoms. The molecule has 0 spiro atoms. The predicted molar refractivity (Wildman–Crippen MR) is 82.4 cm³/mol. The molecule has 3 heterocycles. The molecule has 3 atom stereocenters. The summed E-state index contributed by atoms with van der Waals surface area (Å²) in [6.45, 7) is 4.43. The zero-order valence-electron chi connectivity index (χ0n) is 11.9. The Kier molecular flexibility index (Phi) is 2.83. The molecule has 0 aliphatic carbocycles. The Labute approximate surface area is 124 Å². The Morgan fingerprint density at radius 2 is 2.20 bits per heavy atom. The number of hydrogen-bond donors (Lipinski definition) is 1. The van der Waals surface area contributed by atoms with Crippen LogP contribution in [0.3, 0.4) is 0 Å². The largest absolute Gasteiger partial charge is 0.324 e. The fourth-order valence-corrected chi connectivity index (χ4v) is 4.28. The van der Waals surface area contributed by atoms with Gasteiger partial charge in [-0.25, -0.2) is 4.98 Å². The van der Waals surface area contributed by atoms with E-state index in [1.807, 2.05) is 12.1 Å². The van der Waals surface area contributed by atoms with Crippen molar-refractivity contribution in [3.8, 4) is 0 Å². The summed E-state index contributed by atoms with van der Waals surface area (Å²) in [6.07, 6.45) is 3.83. The fraction of sp³-hybridized carbons (Fsp3) is 0.562. The SMILES string of the molecule is CC(C)n1c(C2CC3CCC2N3)nc2cccc(Cl)c21. The molecule has 2 aromatic rings. The van der Waals surface area contributed by atoms with E-state index in [0.29, 0.717) is 24.0 Å². The zero-order valence-corrected chi connectivity index (χ0v) is 12.7. The molecule has 20 heavy (non-hydrogen) atoms. The fourth-order valence-electron chi connectivity index (χ4n) is 4.02. The van der Waals surface area contributed by atoms with Crippen LogP contribution in [0.25, 0.3) is 11.0 Å². The smallest absolute Gasteiger partial charge is 0.114 e. The van der Waals surface area contributed by atoms with Crippen molar-refractivity contribution in [2.75, 3.05) is 0 Å². The first-order valence-electron chi connectivity index (χ1n) is 7.57. The standard InChI is InChI=1S/C16H20ClN3/c1-9(2)20-15-12(17)4-3-5-14(15)19-16(20)11-8-10-6-7-13(11)18-10/h3-5,9-11,13,18H,6-8H2,1-2H3. The number of hydrogen-bond acceptors (Lipinski definition) is 2. The number of nitrogens with zero attached hydrogens (tertiary/aromatic N) is 2. The maximum atomic E-state index is 6.43. The Hall–Kier alpha value is -1.06. The van der Waals surface area contributed by atoms with Crippen LogP contribution in [-0.4, -0.2) is 21.6 Å². The van der Waals surface area contributed by atoms with Gasteiger partial charge in [0.2, 0.25) is 0 Å². The Morgan fingerprint density at radius 3 is 2.85 bits per heavy atom. The number of rotatable bonds is 2. The molecule has 1 N–H and O–H groups in total. The topological polar surface area (TPSA) is 29.9 Å². The first-order chi connectivity index (χ1) is 9.65. The number of halogens is 1. The van der Waals surface area contributed by atoms with E-state index in [1.165, 1.54) is 25.1 Å². The van der Waals surface area contributed by atoms with Gasteiger partial charge in [-0.2, -0.15) is 0 Å². The lowest BCUT2D eigenvalue weighted by Gasteiger charge is -2.23. The van der Waals surface area contributed by atoms with Crippen LogP contribution < -0.4 is 5.32 Å². The summed E-state index contributed by atoms with van der Waals surface area (Å²) in [7, 11) is 0. The molecule has 1 aromatic heterocycles. The van der Waals surface area contributed by atoms with Crippen molar-refractivity contribution in [2.45, 2.75) is 57.2 Å². The second-order valence-corrected chi connectivity index (χ2v) is 6.84. The molecule has 4 rings (SSSR count). The molecule has 2 aliphatic heterocycles. The normalized spacial score (nSPS) is 28.9. The van der Waals surface area contributed by atoms with Gasteiger partial charge < -0.3 is 9.88 Å². The number of para-hydroxylation sites is 1. The van der Waals surface area contributed by atoms with Crippen molar-refractivity contribution < 1.29 is 0 Å². The van der Waals surface area contributed by atoms with Gasteiger partial charge in [0.1, 0.15) is 5.82 Å². The number of imidazole rings is 1. The van der Waals surface area contributed by atoms with Crippen molar-refractivity contribution in [3.05, 3.63) is 29.0 Å². The van der Waals surface area contributed by atoms with Gasteiger partial charge in [-0.05, 0) is 45.2 Å². The molecule has 2 saturated heterocycles. The first kappa shape index (κ1) is 12.7. The summed E-state index contributed by atoms with van der Waals surface area (Å²) in [5, 5.41) is 4.53. The van der Waals surface area contributed by atoms with E-state index in [2.05, 4.69) is 29.8 Å². The maximum absolute atomic E-state index is 6.43. The van der Waals surface area contributed by atoms with Crippen LogP contribution in [0.4, 0.5) is 0 Å². The highest BCUT2D eigenvalue weighted by Crippen LogP contribution is 2.42. The average molecular weight is 290 g/mol. The van der Waals surface area contributed by atoms with Crippen molar-refractivity contribution in [3.63, 3.8) is 0 Å². The third-order valence-corrected chi connectivity index (χ3v) is 5.14. The number of benzene rings is 1. The van der Waals surface area contributed by atoms with Gasteiger partial charge >= 0.3 is 0 Å². The van der Waals surface area contributed by atoms with Crippen molar-refractivity contribution >= 4 is 22.6 Å². The lowest BCUT2D eigenvalue weighted by atomic mass is 9.88. The minimum atomic E-state index is 0.383. The van der Waals surface area contributed by atoms with Crippen LogP contribution in [0.15, 0.2) is 18.2 Å². The molecule has 3 nitrogen and oxygen atoms in total. The van der Waals surface area contributed by atoms with Crippen molar-refractivity contribution in [1.29, 1.82) is 0 Å². The first-order valence-corrected chi connectivity index (χ1v) is 7.95. The molecule has 0 amide bonds. The number of aromatic nitrogens is 2. The van der Waals surface area contributed by atoms with Gasteiger partial charge in [-0.3, -0.25) is 0 Å². The van der Waals surface area contributed by atoms with E-state index in [4.69, 9.17) is 16.6 Å².